The lowest BCUT2D eigenvalue weighted by Gasteiger charge is -2.36. The molecule has 0 bridgehead atoms. The third-order valence-corrected chi connectivity index (χ3v) is 4.99. The van der Waals surface area contributed by atoms with E-state index in [9.17, 15) is 9.90 Å². The Morgan fingerprint density at radius 2 is 1.82 bits per heavy atom. The first-order valence-electron chi connectivity index (χ1n) is 7.40. The highest BCUT2D eigenvalue weighted by molar-refractivity contribution is 9.10. The number of carbonyl (C=O) groups is 1. The van der Waals surface area contributed by atoms with Gasteiger partial charge in [-0.1, -0.05) is 0 Å². The van der Waals surface area contributed by atoms with E-state index in [0.717, 1.165) is 39.0 Å². The summed E-state index contributed by atoms with van der Waals surface area (Å²) in [5.41, 5.74) is 2.94. The fourth-order valence-corrected chi connectivity index (χ4v) is 3.62. The summed E-state index contributed by atoms with van der Waals surface area (Å²) in [4.78, 5) is 13.3. The molecule has 0 aromatic heterocycles. The third-order valence-electron chi connectivity index (χ3n) is 4.03. The highest BCUT2D eigenvalue weighted by Gasteiger charge is 2.38. The van der Waals surface area contributed by atoms with Crippen molar-refractivity contribution >= 4 is 27.7 Å². The summed E-state index contributed by atoms with van der Waals surface area (Å²) in [6.07, 6.45) is -0.166. The molecule has 1 amide bonds. The van der Waals surface area contributed by atoms with Crippen molar-refractivity contribution in [2.24, 2.45) is 0 Å². The number of carboxylic acid groups (broad SMARTS) is 1. The van der Waals surface area contributed by atoms with Crippen LogP contribution in [0.5, 0.6) is 5.75 Å². The molecule has 2 rings (SSSR count). The van der Waals surface area contributed by atoms with Gasteiger partial charge in [-0.15, -0.1) is 0 Å². The predicted octanol–water partition coefficient (Wildman–Crippen LogP) is 5.06. The second-order valence-corrected chi connectivity index (χ2v) is 8.34. The largest absolute Gasteiger partial charge is 0.486 e. The van der Waals surface area contributed by atoms with E-state index >= 15 is 0 Å². The molecule has 0 saturated heterocycles. The van der Waals surface area contributed by atoms with Gasteiger partial charge < -0.3 is 9.84 Å². The van der Waals surface area contributed by atoms with Crippen LogP contribution in [-0.4, -0.2) is 22.3 Å². The normalized spacial score (nSPS) is 16.2. The molecular formula is C17H24BrNO3. The third kappa shape index (κ3) is 2.71. The summed E-state index contributed by atoms with van der Waals surface area (Å²) < 4.78 is 6.91. The average molecular weight is 370 g/mol. The molecule has 1 aliphatic heterocycles. The van der Waals surface area contributed by atoms with Crippen LogP contribution in [0.4, 0.5) is 10.5 Å². The Morgan fingerprint density at radius 3 is 2.27 bits per heavy atom. The van der Waals surface area contributed by atoms with Crippen LogP contribution >= 0.6 is 15.9 Å². The first-order valence-corrected chi connectivity index (χ1v) is 8.20. The number of anilines is 1. The number of nitrogens with zero attached hydrogens (tertiary/aromatic N) is 1. The van der Waals surface area contributed by atoms with Crippen molar-refractivity contribution in [3.05, 3.63) is 21.2 Å². The van der Waals surface area contributed by atoms with Crippen LogP contribution in [0.3, 0.4) is 0 Å². The van der Waals surface area contributed by atoms with E-state index < -0.39 is 11.6 Å². The number of hydrogen-bond donors (Lipinski definition) is 1. The summed E-state index contributed by atoms with van der Waals surface area (Å²) in [5, 5.41) is 9.73. The fraction of sp³-hybridized carbons (Fsp3) is 0.588. The minimum atomic E-state index is -0.941. The minimum Gasteiger partial charge on any atom is -0.486 e. The molecule has 0 radical (unpaired) electrons. The Morgan fingerprint density at radius 1 is 1.27 bits per heavy atom. The molecule has 1 aromatic rings. The van der Waals surface area contributed by atoms with Gasteiger partial charge in [0.05, 0.1) is 10.2 Å². The van der Waals surface area contributed by atoms with E-state index in [2.05, 4.69) is 15.9 Å². The molecule has 0 unspecified atom stereocenters. The van der Waals surface area contributed by atoms with Gasteiger partial charge >= 0.3 is 6.09 Å². The number of fused-ring (bicyclic) bond motifs is 1. The van der Waals surface area contributed by atoms with E-state index in [4.69, 9.17) is 4.74 Å². The number of rotatable bonds is 1. The van der Waals surface area contributed by atoms with Crippen molar-refractivity contribution in [2.45, 2.75) is 66.0 Å². The monoisotopic (exact) mass is 369 g/mol. The first kappa shape index (κ1) is 17.1. The van der Waals surface area contributed by atoms with Crippen LogP contribution in [-0.2, 0) is 6.42 Å². The maximum Gasteiger partial charge on any atom is 0.412 e. The topological polar surface area (TPSA) is 49.8 Å². The van der Waals surface area contributed by atoms with Gasteiger partial charge in [0.15, 0.2) is 0 Å². The van der Waals surface area contributed by atoms with E-state index in [1.54, 1.807) is 0 Å². The lowest BCUT2D eigenvalue weighted by atomic mass is 9.93. The summed E-state index contributed by atoms with van der Waals surface area (Å²) in [7, 11) is 0. The molecule has 1 N–H and O–H groups in total. The molecule has 0 atom stereocenters. The van der Waals surface area contributed by atoms with Crippen LogP contribution in [0.1, 0.15) is 51.3 Å². The zero-order chi connectivity index (χ0) is 17.0. The Bertz CT molecular complexity index is 645. The molecule has 1 aromatic carbocycles. The van der Waals surface area contributed by atoms with Crippen LogP contribution in [0.2, 0.25) is 0 Å². The van der Waals surface area contributed by atoms with Gasteiger partial charge in [0, 0.05) is 17.5 Å². The van der Waals surface area contributed by atoms with E-state index in [-0.39, 0.29) is 5.60 Å². The molecule has 5 heteroatoms. The molecule has 0 fully saturated rings. The summed E-state index contributed by atoms with van der Waals surface area (Å²) in [6.45, 7) is 13.7. The Kier molecular flexibility index (Phi) is 4.01. The van der Waals surface area contributed by atoms with Crippen LogP contribution in [0.15, 0.2) is 4.47 Å². The Labute approximate surface area is 140 Å². The first-order chi connectivity index (χ1) is 9.87. The molecule has 0 aliphatic carbocycles. The van der Waals surface area contributed by atoms with Crippen molar-refractivity contribution in [3.63, 3.8) is 0 Å². The summed E-state index contributed by atoms with van der Waals surface area (Å²) >= 11 is 3.61. The Balaban J connectivity index is 2.75. The van der Waals surface area contributed by atoms with Gasteiger partial charge in [0.1, 0.15) is 11.4 Å². The van der Waals surface area contributed by atoms with Gasteiger partial charge in [0.25, 0.3) is 0 Å². The highest BCUT2D eigenvalue weighted by Crippen LogP contribution is 2.49. The number of hydrogen-bond acceptors (Lipinski definition) is 2. The smallest absolute Gasteiger partial charge is 0.412 e. The van der Waals surface area contributed by atoms with E-state index in [0.29, 0.717) is 0 Å². The predicted molar refractivity (Wildman–Crippen MR) is 92.3 cm³/mol. The molecule has 22 heavy (non-hydrogen) atoms. The van der Waals surface area contributed by atoms with Gasteiger partial charge in [0.2, 0.25) is 0 Å². The molecule has 4 nitrogen and oxygen atoms in total. The number of amides is 1. The zero-order valence-corrected chi connectivity index (χ0v) is 15.9. The molecule has 1 heterocycles. The minimum absolute atomic E-state index is 0.267. The molecule has 122 valence electrons. The van der Waals surface area contributed by atoms with Crippen molar-refractivity contribution in [1.82, 2.24) is 0 Å². The van der Waals surface area contributed by atoms with Gasteiger partial charge in [-0.2, -0.15) is 0 Å². The van der Waals surface area contributed by atoms with Gasteiger partial charge in [-0.05, 0) is 75.5 Å². The second-order valence-electron chi connectivity index (χ2n) is 7.55. The summed E-state index contributed by atoms with van der Waals surface area (Å²) in [6, 6.07) is 0. The van der Waals surface area contributed by atoms with Crippen molar-refractivity contribution in [3.8, 4) is 5.75 Å². The van der Waals surface area contributed by atoms with Crippen LogP contribution in [0, 0.1) is 13.8 Å². The van der Waals surface area contributed by atoms with E-state index in [1.807, 2.05) is 48.5 Å². The molecule has 0 saturated carbocycles. The SMILES string of the molecule is Cc1c(Br)c2c(c(C)c1N(C(=O)O)C(C)(C)C)CC(C)(C)O2. The van der Waals surface area contributed by atoms with E-state index in [1.165, 1.54) is 4.90 Å². The second kappa shape index (κ2) is 5.15. The lowest BCUT2D eigenvalue weighted by Crippen LogP contribution is -2.46. The lowest BCUT2D eigenvalue weighted by molar-refractivity contribution is 0.137. The quantitative estimate of drug-likeness (QED) is 0.752. The summed E-state index contributed by atoms with van der Waals surface area (Å²) in [5.74, 6) is 0.850. The number of benzene rings is 1. The zero-order valence-electron chi connectivity index (χ0n) is 14.3. The number of ether oxygens (including phenoxy) is 1. The van der Waals surface area contributed by atoms with Crippen LogP contribution < -0.4 is 9.64 Å². The standard InChI is InChI=1S/C17H24BrNO3/c1-9-11-8-17(6,7)22-14(11)12(18)10(2)13(9)19(15(20)21)16(3,4)5/h8H2,1-7H3,(H,20,21). The van der Waals surface area contributed by atoms with Crippen molar-refractivity contribution in [2.75, 3.05) is 4.90 Å². The highest BCUT2D eigenvalue weighted by atomic mass is 79.9. The van der Waals surface area contributed by atoms with Gasteiger partial charge in [-0.3, -0.25) is 4.90 Å². The Hall–Kier alpha value is -1.23. The van der Waals surface area contributed by atoms with Gasteiger partial charge in [-0.25, -0.2) is 4.79 Å². The number of halogens is 1. The molecule has 0 spiro atoms. The molecular weight excluding hydrogens is 346 g/mol. The maximum absolute atomic E-state index is 11.9. The average Bonchev–Trinajstić information content (AvgIpc) is 2.66. The fourth-order valence-electron chi connectivity index (χ4n) is 3.11. The molecule has 1 aliphatic rings. The van der Waals surface area contributed by atoms with Crippen molar-refractivity contribution in [1.29, 1.82) is 0 Å². The van der Waals surface area contributed by atoms with Crippen LogP contribution in [0.25, 0.3) is 0 Å². The maximum atomic E-state index is 11.9. The van der Waals surface area contributed by atoms with Crippen molar-refractivity contribution < 1.29 is 14.6 Å².